The van der Waals surface area contributed by atoms with Gasteiger partial charge in [-0.1, -0.05) is 42.2 Å². The Morgan fingerprint density at radius 2 is 2.04 bits per heavy atom. The van der Waals surface area contributed by atoms with Crippen LogP contribution in [0.4, 0.5) is 8.78 Å². The number of pyridine rings is 1. The van der Waals surface area contributed by atoms with Crippen molar-refractivity contribution in [2.45, 2.75) is 13.2 Å². The minimum absolute atomic E-state index is 0.0660. The number of carbonyl (C=O) groups excluding carboxylic acids is 1. The summed E-state index contributed by atoms with van der Waals surface area (Å²) in [4.78, 5) is 18.6. The van der Waals surface area contributed by atoms with E-state index < -0.39 is 6.61 Å². The number of carbonyl (C=O) groups is 1. The van der Waals surface area contributed by atoms with Crippen molar-refractivity contribution >= 4 is 40.3 Å². The summed E-state index contributed by atoms with van der Waals surface area (Å²) >= 11 is 6.49. The lowest BCUT2D eigenvalue weighted by Crippen LogP contribution is -2.27. The lowest BCUT2D eigenvalue weighted by Gasteiger charge is -2.13. The zero-order valence-electron chi connectivity index (χ0n) is 12.8. The first kappa shape index (κ1) is 17.5. The summed E-state index contributed by atoms with van der Waals surface area (Å²) in [6.07, 6.45) is 5.02. The molecular formula is C17H12F2N2O2S2. The van der Waals surface area contributed by atoms with Gasteiger partial charge in [0.05, 0.1) is 11.4 Å². The van der Waals surface area contributed by atoms with Crippen LogP contribution in [0.3, 0.4) is 0 Å². The van der Waals surface area contributed by atoms with Gasteiger partial charge in [0.1, 0.15) is 10.1 Å². The molecule has 2 heterocycles. The van der Waals surface area contributed by atoms with Gasteiger partial charge in [-0.15, -0.1) is 0 Å². The maximum absolute atomic E-state index is 12.5. The summed E-state index contributed by atoms with van der Waals surface area (Å²) in [5, 5.41) is 0. The lowest BCUT2D eigenvalue weighted by atomic mass is 10.2. The van der Waals surface area contributed by atoms with E-state index >= 15 is 0 Å². The molecule has 0 bridgehead atoms. The molecule has 0 unspecified atom stereocenters. The Kier molecular flexibility index (Phi) is 5.40. The number of hydrogen-bond acceptors (Lipinski definition) is 5. The number of thiocarbonyl (C=S) groups is 1. The predicted molar refractivity (Wildman–Crippen MR) is 96.0 cm³/mol. The summed E-state index contributed by atoms with van der Waals surface area (Å²) in [7, 11) is 0. The van der Waals surface area contributed by atoms with Crippen LogP contribution in [-0.2, 0) is 11.3 Å². The third kappa shape index (κ3) is 4.40. The summed E-state index contributed by atoms with van der Waals surface area (Å²) in [5.41, 5.74) is 1.58. The van der Waals surface area contributed by atoms with E-state index in [0.29, 0.717) is 21.3 Å². The molecule has 128 valence electrons. The first-order valence-corrected chi connectivity index (χ1v) is 8.44. The smallest absolute Gasteiger partial charge is 0.387 e. The normalized spacial score (nSPS) is 16.1. The number of hydrogen-bond donors (Lipinski definition) is 0. The molecule has 8 heteroatoms. The molecule has 3 rings (SSSR count). The third-order valence-corrected chi connectivity index (χ3v) is 4.72. The van der Waals surface area contributed by atoms with Gasteiger partial charge >= 0.3 is 6.61 Å². The number of rotatable bonds is 5. The van der Waals surface area contributed by atoms with E-state index in [1.165, 1.54) is 28.8 Å². The van der Waals surface area contributed by atoms with Crippen LogP contribution in [0, 0.1) is 0 Å². The van der Waals surface area contributed by atoms with E-state index in [4.69, 9.17) is 12.2 Å². The van der Waals surface area contributed by atoms with Crippen LogP contribution in [0.2, 0.25) is 0 Å². The molecular weight excluding hydrogens is 366 g/mol. The molecule has 0 N–H and O–H groups in total. The van der Waals surface area contributed by atoms with Crippen LogP contribution in [0.5, 0.6) is 5.75 Å². The molecule has 0 atom stereocenters. The Balaban J connectivity index is 1.73. The number of nitrogens with zero attached hydrogens (tertiary/aromatic N) is 2. The largest absolute Gasteiger partial charge is 0.435 e. The molecule has 1 aromatic carbocycles. The SMILES string of the molecule is O=C1/C(=C\c2ccc(OC(F)F)cc2)SC(=S)N1Cc1cccnc1. The van der Waals surface area contributed by atoms with E-state index in [2.05, 4.69) is 9.72 Å². The van der Waals surface area contributed by atoms with Gasteiger partial charge in [0.15, 0.2) is 0 Å². The van der Waals surface area contributed by atoms with E-state index in [-0.39, 0.29) is 11.7 Å². The molecule has 1 fully saturated rings. The number of amides is 1. The number of alkyl halides is 2. The van der Waals surface area contributed by atoms with Crippen LogP contribution < -0.4 is 4.74 Å². The lowest BCUT2D eigenvalue weighted by molar-refractivity contribution is -0.122. The monoisotopic (exact) mass is 378 g/mol. The van der Waals surface area contributed by atoms with E-state index in [0.717, 1.165) is 5.56 Å². The van der Waals surface area contributed by atoms with E-state index in [1.807, 2.05) is 6.07 Å². The molecule has 0 radical (unpaired) electrons. The van der Waals surface area contributed by atoms with Gasteiger partial charge in [0.2, 0.25) is 0 Å². The zero-order valence-corrected chi connectivity index (χ0v) is 14.4. The molecule has 1 amide bonds. The van der Waals surface area contributed by atoms with Crippen molar-refractivity contribution in [1.82, 2.24) is 9.88 Å². The first-order valence-electron chi connectivity index (χ1n) is 7.22. The Labute approximate surface area is 152 Å². The van der Waals surface area contributed by atoms with Gasteiger partial charge in [0.25, 0.3) is 5.91 Å². The topological polar surface area (TPSA) is 42.4 Å². The number of aromatic nitrogens is 1. The Hall–Kier alpha value is -2.32. The third-order valence-electron chi connectivity index (χ3n) is 3.34. The predicted octanol–water partition coefficient (Wildman–Crippen LogP) is 4.08. The van der Waals surface area contributed by atoms with Gasteiger partial charge in [-0.25, -0.2) is 0 Å². The summed E-state index contributed by atoms with van der Waals surface area (Å²) in [6.45, 7) is -2.51. The van der Waals surface area contributed by atoms with Crippen LogP contribution in [0.25, 0.3) is 6.08 Å². The van der Waals surface area contributed by atoms with Crippen LogP contribution in [0.1, 0.15) is 11.1 Å². The zero-order chi connectivity index (χ0) is 17.8. The van der Waals surface area contributed by atoms with Crippen molar-refractivity contribution in [3.05, 3.63) is 64.8 Å². The highest BCUT2D eigenvalue weighted by molar-refractivity contribution is 8.26. The number of benzene rings is 1. The molecule has 0 aliphatic carbocycles. The van der Waals surface area contributed by atoms with Crippen molar-refractivity contribution in [3.8, 4) is 5.75 Å². The molecule has 1 aromatic heterocycles. The number of thioether (sulfide) groups is 1. The van der Waals surface area contributed by atoms with Gasteiger partial charge in [-0.2, -0.15) is 8.78 Å². The maximum atomic E-state index is 12.5. The standard InChI is InChI=1S/C17H12F2N2O2S2/c18-16(19)23-13-5-3-11(4-6-13)8-14-15(22)21(17(24)25-14)10-12-2-1-7-20-9-12/h1-9,16H,10H2/b14-8+. The highest BCUT2D eigenvalue weighted by Gasteiger charge is 2.31. The van der Waals surface area contributed by atoms with Crippen LogP contribution in [0.15, 0.2) is 53.7 Å². The summed E-state index contributed by atoms with van der Waals surface area (Å²) in [5.74, 6) is -0.122. The average molecular weight is 378 g/mol. The highest BCUT2D eigenvalue weighted by atomic mass is 32.2. The molecule has 1 aliphatic heterocycles. The number of ether oxygens (including phenoxy) is 1. The highest BCUT2D eigenvalue weighted by Crippen LogP contribution is 2.33. The van der Waals surface area contributed by atoms with Crippen molar-refractivity contribution in [3.63, 3.8) is 0 Å². The van der Waals surface area contributed by atoms with E-state index in [1.54, 1.807) is 36.7 Å². The van der Waals surface area contributed by atoms with Crippen molar-refractivity contribution in [2.24, 2.45) is 0 Å². The quantitative estimate of drug-likeness (QED) is 0.579. The second-order valence-corrected chi connectivity index (χ2v) is 6.75. The van der Waals surface area contributed by atoms with Gasteiger partial charge in [-0.05, 0) is 35.4 Å². The Morgan fingerprint density at radius 1 is 1.28 bits per heavy atom. The molecule has 25 heavy (non-hydrogen) atoms. The van der Waals surface area contributed by atoms with Gasteiger partial charge in [-0.3, -0.25) is 14.7 Å². The van der Waals surface area contributed by atoms with Crippen LogP contribution in [-0.4, -0.2) is 26.7 Å². The minimum atomic E-state index is -2.87. The second-order valence-electron chi connectivity index (χ2n) is 5.08. The molecule has 1 aliphatic rings. The van der Waals surface area contributed by atoms with Crippen molar-refractivity contribution < 1.29 is 18.3 Å². The van der Waals surface area contributed by atoms with Crippen molar-refractivity contribution in [2.75, 3.05) is 0 Å². The molecule has 4 nitrogen and oxygen atoms in total. The fourth-order valence-electron chi connectivity index (χ4n) is 2.21. The molecule has 0 spiro atoms. The van der Waals surface area contributed by atoms with Crippen molar-refractivity contribution in [1.29, 1.82) is 0 Å². The molecule has 0 saturated carbocycles. The summed E-state index contributed by atoms with van der Waals surface area (Å²) < 4.78 is 29.1. The maximum Gasteiger partial charge on any atom is 0.387 e. The Bertz CT molecular complexity index is 811. The van der Waals surface area contributed by atoms with Crippen LogP contribution >= 0.6 is 24.0 Å². The number of halogens is 2. The van der Waals surface area contributed by atoms with E-state index in [9.17, 15) is 13.6 Å². The second kappa shape index (κ2) is 7.71. The summed E-state index contributed by atoms with van der Waals surface area (Å²) in [6, 6.07) is 9.72. The molecule has 2 aromatic rings. The Morgan fingerprint density at radius 3 is 2.68 bits per heavy atom. The molecule has 1 saturated heterocycles. The fraction of sp³-hybridized carbons (Fsp3) is 0.118. The first-order chi connectivity index (χ1) is 12.0. The van der Waals surface area contributed by atoms with Gasteiger partial charge in [0, 0.05) is 12.4 Å². The average Bonchev–Trinajstić information content (AvgIpc) is 2.85. The minimum Gasteiger partial charge on any atom is -0.435 e. The van der Waals surface area contributed by atoms with Gasteiger partial charge < -0.3 is 4.74 Å². The fourth-order valence-corrected chi connectivity index (χ4v) is 3.46.